The molecule has 10 heteroatoms. The molecule has 0 aliphatic heterocycles. The minimum Gasteiger partial charge on any atom is -0.366 e. The molecule has 1 heterocycles. The van der Waals surface area contributed by atoms with Gasteiger partial charge in [0.1, 0.15) is 12.6 Å². The lowest BCUT2D eigenvalue weighted by Gasteiger charge is -2.08. The van der Waals surface area contributed by atoms with Crippen molar-refractivity contribution in [3.8, 4) is 0 Å². The predicted octanol–water partition coefficient (Wildman–Crippen LogP) is 1.75. The summed E-state index contributed by atoms with van der Waals surface area (Å²) in [6.45, 7) is -1.46. The van der Waals surface area contributed by atoms with Crippen LogP contribution in [0.5, 0.6) is 0 Å². The first-order valence-electron chi connectivity index (χ1n) is 4.10. The van der Waals surface area contributed by atoms with Crippen LogP contribution in [0.1, 0.15) is 0 Å². The van der Waals surface area contributed by atoms with Gasteiger partial charge >= 0.3 is 17.0 Å². The first kappa shape index (κ1) is 13.3. The normalized spacial score (nSPS) is 11.3. The topological polar surface area (TPSA) is 79.3 Å². The van der Waals surface area contributed by atoms with Gasteiger partial charge in [0, 0.05) is 4.73 Å². The largest absolute Gasteiger partial charge is 0.405 e. The monoisotopic (exact) mass is 272 g/mol. The van der Waals surface area contributed by atoms with E-state index in [2.05, 4.69) is 0 Å². The fourth-order valence-electron chi connectivity index (χ4n) is 0.989. The maximum atomic E-state index is 11.9. The number of rotatable bonds is 3. The summed E-state index contributed by atoms with van der Waals surface area (Å²) < 4.78 is 36.0. The van der Waals surface area contributed by atoms with Crippen LogP contribution in [0.3, 0.4) is 0 Å². The Kier molecular flexibility index (Phi) is 3.61. The zero-order chi connectivity index (χ0) is 13.2. The highest BCUT2D eigenvalue weighted by molar-refractivity contribution is 6.28. The number of alkyl halides is 3. The average Bonchev–Trinajstić information content (AvgIpc) is 2.17. The number of halogens is 4. The Bertz CT molecular complexity index is 452. The number of pyridine rings is 1. The predicted molar refractivity (Wildman–Crippen MR) is 50.0 cm³/mol. The van der Waals surface area contributed by atoms with Gasteiger partial charge in [-0.25, -0.2) is 0 Å². The third kappa shape index (κ3) is 3.63. The smallest absolute Gasteiger partial charge is 0.366 e. The molecule has 0 fully saturated rings. The van der Waals surface area contributed by atoms with Gasteiger partial charge in [-0.3, -0.25) is 15.3 Å². The van der Waals surface area contributed by atoms with Crippen LogP contribution in [0, 0.1) is 10.1 Å². The first-order valence-corrected chi connectivity index (χ1v) is 4.48. The fourth-order valence-corrected chi connectivity index (χ4v) is 1.14. The molecule has 0 aliphatic carbocycles. The van der Waals surface area contributed by atoms with Crippen LogP contribution in [-0.4, -0.2) is 22.9 Å². The lowest BCUT2D eigenvalue weighted by atomic mass is 10.3. The molecule has 0 atom stereocenters. The van der Waals surface area contributed by atoms with Gasteiger partial charge in [0.15, 0.2) is 5.69 Å². The summed E-state index contributed by atoms with van der Waals surface area (Å²) in [5.41, 5.74) is -1.15. The van der Waals surface area contributed by atoms with Gasteiger partial charge in [-0.2, -0.15) is 13.2 Å². The molecule has 17 heavy (non-hydrogen) atoms. The summed E-state index contributed by atoms with van der Waals surface area (Å²) in [6, 6.07) is 0.736. The molecule has 0 saturated heterocycles. The lowest BCUT2D eigenvalue weighted by molar-refractivity contribution is -0.902. The minimum atomic E-state index is -4.53. The van der Waals surface area contributed by atoms with E-state index in [1.165, 1.54) is 0 Å². The molecule has 0 amide bonds. The molecule has 1 rings (SSSR count). The third-order valence-corrected chi connectivity index (χ3v) is 1.96. The van der Waals surface area contributed by atoms with E-state index in [4.69, 9.17) is 16.8 Å². The summed E-state index contributed by atoms with van der Waals surface area (Å²) in [4.78, 5) is 9.63. The van der Waals surface area contributed by atoms with Crippen molar-refractivity contribution in [3.05, 3.63) is 27.5 Å². The van der Waals surface area contributed by atoms with Crippen LogP contribution in [-0.2, 0) is 0 Å². The van der Waals surface area contributed by atoms with E-state index in [-0.39, 0.29) is 4.73 Å². The zero-order valence-electron chi connectivity index (χ0n) is 8.03. The van der Waals surface area contributed by atoms with E-state index in [9.17, 15) is 23.3 Å². The number of anilines is 1. The highest BCUT2D eigenvalue weighted by Gasteiger charge is 2.30. The maximum absolute atomic E-state index is 11.9. The minimum absolute atomic E-state index is 0.271. The molecule has 0 aliphatic rings. The van der Waals surface area contributed by atoms with Crippen LogP contribution in [0.15, 0.2) is 12.3 Å². The van der Waals surface area contributed by atoms with Gasteiger partial charge in [-0.1, -0.05) is 0 Å². The molecule has 1 aromatic heterocycles. The molecule has 0 radical (unpaired) electrons. The fraction of sp³-hybridized carbons (Fsp3) is 0.286. The summed E-state index contributed by atoms with van der Waals surface area (Å²) in [5, 5.41) is 21.0. The number of nitro groups is 1. The van der Waals surface area contributed by atoms with Crippen LogP contribution in [0.25, 0.3) is 0 Å². The molecular formula is C7H6ClF3N3O3+. The first-order chi connectivity index (χ1) is 7.70. The third-order valence-electron chi connectivity index (χ3n) is 1.68. The molecule has 0 aromatic carbocycles. The second-order valence-corrected chi connectivity index (χ2v) is 3.35. The molecule has 6 nitrogen and oxygen atoms in total. The summed E-state index contributed by atoms with van der Waals surface area (Å²) in [5.74, 6) is 0. The number of hydrogen-bond acceptors (Lipinski definition) is 4. The van der Waals surface area contributed by atoms with Crippen molar-refractivity contribution in [1.82, 2.24) is 0 Å². The van der Waals surface area contributed by atoms with E-state index >= 15 is 0 Å². The van der Waals surface area contributed by atoms with E-state index < -0.39 is 34.2 Å². The van der Waals surface area contributed by atoms with Crippen molar-refractivity contribution < 1.29 is 28.0 Å². The Morgan fingerprint density at radius 1 is 1.59 bits per heavy atom. The van der Waals surface area contributed by atoms with E-state index in [0.717, 1.165) is 6.07 Å². The SMILES string of the molecule is O=[N+]([O-])c1cc(Cl)[n+](O)cc1NCC(F)(F)F. The van der Waals surface area contributed by atoms with Crippen molar-refractivity contribution in [3.63, 3.8) is 0 Å². The number of aromatic nitrogens is 1. The van der Waals surface area contributed by atoms with E-state index in [1.807, 2.05) is 0 Å². The van der Waals surface area contributed by atoms with Gasteiger partial charge in [0.05, 0.1) is 4.92 Å². The van der Waals surface area contributed by atoms with Crippen molar-refractivity contribution >= 4 is 23.0 Å². The van der Waals surface area contributed by atoms with Gasteiger partial charge in [-0.15, -0.1) is 0 Å². The molecule has 2 N–H and O–H groups in total. The number of nitrogens with one attached hydrogen (secondary N) is 1. The highest BCUT2D eigenvalue weighted by Crippen LogP contribution is 2.26. The Hall–Kier alpha value is -1.77. The molecule has 0 spiro atoms. The van der Waals surface area contributed by atoms with Gasteiger partial charge < -0.3 is 5.32 Å². The molecule has 0 unspecified atom stereocenters. The molecular weight excluding hydrogens is 267 g/mol. The van der Waals surface area contributed by atoms with Crippen molar-refractivity contribution in [2.75, 3.05) is 11.9 Å². The number of nitrogens with zero attached hydrogens (tertiary/aromatic N) is 2. The van der Waals surface area contributed by atoms with Crippen molar-refractivity contribution in [2.45, 2.75) is 6.18 Å². The molecule has 0 bridgehead atoms. The molecule has 94 valence electrons. The Morgan fingerprint density at radius 2 is 2.18 bits per heavy atom. The average molecular weight is 273 g/mol. The van der Waals surface area contributed by atoms with Crippen LogP contribution >= 0.6 is 11.6 Å². The van der Waals surface area contributed by atoms with Gasteiger partial charge in [0.25, 0.3) is 6.20 Å². The Morgan fingerprint density at radius 3 is 2.65 bits per heavy atom. The molecule has 1 aromatic rings. The van der Waals surface area contributed by atoms with Gasteiger partial charge in [0.2, 0.25) is 0 Å². The Balaban J connectivity index is 3.05. The Labute approximate surface area is 97.3 Å². The van der Waals surface area contributed by atoms with Crippen LogP contribution in [0.4, 0.5) is 24.5 Å². The van der Waals surface area contributed by atoms with Gasteiger partial charge in [-0.05, 0) is 11.6 Å². The summed E-state index contributed by atoms with van der Waals surface area (Å²) in [6.07, 6.45) is -3.85. The second kappa shape index (κ2) is 4.62. The molecule has 0 saturated carbocycles. The standard InChI is InChI=1S/C7H6ClF3N3O3/c8-6-1-5(14(16)17)4(2-13(6)15)12-3-7(9,10)11/h1-2,12,15H,3H2/q+1. The maximum Gasteiger partial charge on any atom is 0.405 e. The highest BCUT2D eigenvalue weighted by atomic mass is 35.5. The van der Waals surface area contributed by atoms with Crippen LogP contribution in [0.2, 0.25) is 5.15 Å². The lowest BCUT2D eigenvalue weighted by Crippen LogP contribution is -2.32. The van der Waals surface area contributed by atoms with Crippen LogP contribution < -0.4 is 10.0 Å². The second-order valence-electron chi connectivity index (χ2n) is 2.97. The number of hydrogen-bond donors (Lipinski definition) is 2. The zero-order valence-corrected chi connectivity index (χ0v) is 8.79. The quantitative estimate of drug-likeness (QED) is 0.289. The summed E-state index contributed by atoms with van der Waals surface area (Å²) in [7, 11) is 0. The van der Waals surface area contributed by atoms with Crippen molar-refractivity contribution in [1.29, 1.82) is 0 Å². The van der Waals surface area contributed by atoms with Crippen molar-refractivity contribution in [2.24, 2.45) is 0 Å². The van der Waals surface area contributed by atoms with E-state index in [1.54, 1.807) is 5.32 Å². The van der Waals surface area contributed by atoms with E-state index in [0.29, 0.717) is 6.20 Å². The summed E-state index contributed by atoms with van der Waals surface area (Å²) >= 11 is 5.38.